The standard InChI is InChI=1S/C24H21ClFN5O5S/c25-18-5-7-20(8-6-18)37(35,36)15-17-14-16(4-9-21(17)31(33)34)24(32)29-28-19-10-12-30(13-11-19)23-3-1-2-22(26)27-23/h1-9,14H,10-13,15H2,(H,29,32). The van der Waals surface area contributed by atoms with Gasteiger partial charge in [-0.3, -0.25) is 14.9 Å². The maximum atomic E-state index is 13.4. The molecule has 4 rings (SSSR count). The van der Waals surface area contributed by atoms with Gasteiger partial charge < -0.3 is 4.90 Å². The highest BCUT2D eigenvalue weighted by Crippen LogP contribution is 2.26. The summed E-state index contributed by atoms with van der Waals surface area (Å²) in [7, 11) is -3.94. The SMILES string of the molecule is O=C(NN=C1CCN(c2cccc(F)n2)CC1)c1ccc([N+](=O)[O-])c(CS(=O)(=O)c2ccc(Cl)cc2)c1. The predicted octanol–water partition coefficient (Wildman–Crippen LogP) is 4.14. The molecule has 37 heavy (non-hydrogen) atoms. The van der Waals surface area contributed by atoms with Crippen LogP contribution in [-0.2, 0) is 15.6 Å². The Morgan fingerprint density at radius 2 is 1.84 bits per heavy atom. The number of rotatable bonds is 7. The Hall–Kier alpha value is -3.90. The van der Waals surface area contributed by atoms with Gasteiger partial charge in [-0.1, -0.05) is 17.7 Å². The normalized spacial score (nSPS) is 13.8. The number of hydrogen-bond acceptors (Lipinski definition) is 8. The number of pyridine rings is 1. The fourth-order valence-corrected chi connectivity index (χ4v) is 5.31. The van der Waals surface area contributed by atoms with E-state index in [9.17, 15) is 27.7 Å². The number of nitro groups is 1. The van der Waals surface area contributed by atoms with Crippen LogP contribution in [0.5, 0.6) is 0 Å². The molecule has 13 heteroatoms. The minimum absolute atomic E-state index is 0.0256. The highest BCUT2D eigenvalue weighted by Gasteiger charge is 2.24. The van der Waals surface area contributed by atoms with Crippen LogP contribution in [-0.4, -0.2) is 43.0 Å². The zero-order valence-corrected chi connectivity index (χ0v) is 20.9. The third-order valence-electron chi connectivity index (χ3n) is 5.74. The quantitative estimate of drug-likeness (QED) is 0.268. The fraction of sp³-hybridized carbons (Fsp3) is 0.208. The molecule has 0 atom stereocenters. The smallest absolute Gasteiger partial charge is 0.273 e. The average molecular weight is 546 g/mol. The monoisotopic (exact) mass is 545 g/mol. The van der Waals surface area contributed by atoms with Crippen molar-refractivity contribution in [3.63, 3.8) is 0 Å². The number of halogens is 2. The molecule has 2 aromatic carbocycles. The molecule has 10 nitrogen and oxygen atoms in total. The highest BCUT2D eigenvalue weighted by atomic mass is 35.5. The van der Waals surface area contributed by atoms with Crippen molar-refractivity contribution < 1.29 is 22.5 Å². The molecule has 0 radical (unpaired) electrons. The Balaban J connectivity index is 1.46. The van der Waals surface area contributed by atoms with Crippen LogP contribution in [0.4, 0.5) is 15.9 Å². The first kappa shape index (κ1) is 26.2. The molecule has 1 amide bonds. The predicted molar refractivity (Wildman–Crippen MR) is 136 cm³/mol. The van der Waals surface area contributed by atoms with E-state index >= 15 is 0 Å². The minimum atomic E-state index is -3.94. The van der Waals surface area contributed by atoms with E-state index < -0.39 is 38.1 Å². The molecule has 0 bridgehead atoms. The van der Waals surface area contributed by atoms with E-state index in [-0.39, 0.29) is 16.0 Å². The lowest BCUT2D eigenvalue weighted by molar-refractivity contribution is -0.385. The number of nitrogens with zero attached hydrogens (tertiary/aromatic N) is 4. The number of nitrogens with one attached hydrogen (secondary N) is 1. The topological polar surface area (TPSA) is 135 Å². The van der Waals surface area contributed by atoms with E-state index in [0.717, 1.165) is 6.07 Å². The first-order valence-electron chi connectivity index (χ1n) is 11.1. The number of anilines is 1. The van der Waals surface area contributed by atoms with Crippen LogP contribution < -0.4 is 10.3 Å². The molecule has 0 spiro atoms. The number of piperidine rings is 1. The van der Waals surface area contributed by atoms with Crippen LogP contribution in [0.3, 0.4) is 0 Å². The van der Waals surface area contributed by atoms with E-state index in [2.05, 4.69) is 15.5 Å². The summed E-state index contributed by atoms with van der Waals surface area (Å²) in [6.07, 6.45) is 1.03. The van der Waals surface area contributed by atoms with Gasteiger partial charge in [0.2, 0.25) is 5.95 Å². The molecule has 1 saturated heterocycles. The largest absolute Gasteiger partial charge is 0.356 e. The van der Waals surface area contributed by atoms with Crippen molar-refractivity contribution in [2.24, 2.45) is 5.10 Å². The van der Waals surface area contributed by atoms with Crippen molar-refractivity contribution in [2.75, 3.05) is 18.0 Å². The van der Waals surface area contributed by atoms with Crippen LogP contribution >= 0.6 is 11.6 Å². The lowest BCUT2D eigenvalue weighted by atomic mass is 10.1. The first-order chi connectivity index (χ1) is 17.6. The number of sulfone groups is 1. The molecule has 2 heterocycles. The Kier molecular flexibility index (Phi) is 7.79. The van der Waals surface area contributed by atoms with Gasteiger partial charge in [0.1, 0.15) is 5.82 Å². The summed E-state index contributed by atoms with van der Waals surface area (Å²) < 4.78 is 39.0. The van der Waals surface area contributed by atoms with Gasteiger partial charge in [-0.2, -0.15) is 9.49 Å². The van der Waals surface area contributed by atoms with Gasteiger partial charge in [-0.15, -0.1) is 0 Å². The van der Waals surface area contributed by atoms with Crippen molar-refractivity contribution in [1.29, 1.82) is 0 Å². The van der Waals surface area contributed by atoms with Crippen molar-refractivity contribution >= 4 is 44.6 Å². The molecule has 1 fully saturated rings. The van der Waals surface area contributed by atoms with Gasteiger partial charge in [0.05, 0.1) is 15.6 Å². The number of carbonyl (C=O) groups is 1. The number of amides is 1. The van der Waals surface area contributed by atoms with Crippen LogP contribution in [0.15, 0.2) is 70.7 Å². The van der Waals surface area contributed by atoms with Crippen molar-refractivity contribution in [1.82, 2.24) is 10.4 Å². The van der Waals surface area contributed by atoms with E-state index in [4.69, 9.17) is 11.6 Å². The lowest BCUT2D eigenvalue weighted by Crippen LogP contribution is -2.35. The first-order valence-corrected chi connectivity index (χ1v) is 13.1. The maximum Gasteiger partial charge on any atom is 0.273 e. The number of nitro benzene ring substituents is 1. The van der Waals surface area contributed by atoms with Crippen LogP contribution in [0.1, 0.15) is 28.8 Å². The summed E-state index contributed by atoms with van der Waals surface area (Å²) in [5.41, 5.74) is 2.63. The highest BCUT2D eigenvalue weighted by molar-refractivity contribution is 7.90. The Morgan fingerprint density at radius 1 is 1.14 bits per heavy atom. The van der Waals surface area contributed by atoms with Crippen molar-refractivity contribution in [2.45, 2.75) is 23.5 Å². The summed E-state index contributed by atoms with van der Waals surface area (Å²) in [6, 6.07) is 13.5. The average Bonchev–Trinajstić information content (AvgIpc) is 2.87. The second-order valence-corrected chi connectivity index (χ2v) is 10.7. The number of benzene rings is 2. The van der Waals surface area contributed by atoms with Crippen molar-refractivity contribution in [3.8, 4) is 0 Å². The van der Waals surface area contributed by atoms with Gasteiger partial charge in [0.15, 0.2) is 9.84 Å². The van der Waals surface area contributed by atoms with Crippen LogP contribution in [0, 0.1) is 16.1 Å². The van der Waals surface area contributed by atoms with E-state index in [1.807, 2.05) is 4.90 Å². The number of hydrogen-bond donors (Lipinski definition) is 1. The number of aromatic nitrogens is 1. The Bertz CT molecular complexity index is 1470. The van der Waals surface area contributed by atoms with Crippen molar-refractivity contribution in [3.05, 3.63) is 92.9 Å². The molecule has 1 N–H and O–H groups in total. The van der Waals surface area contributed by atoms with Gasteiger partial charge in [-0.05, 0) is 48.5 Å². The third-order valence-corrected chi connectivity index (χ3v) is 7.67. The zero-order valence-electron chi connectivity index (χ0n) is 19.3. The number of carbonyl (C=O) groups excluding carboxylic acids is 1. The maximum absolute atomic E-state index is 13.4. The van der Waals surface area contributed by atoms with Gasteiger partial charge in [0.25, 0.3) is 11.6 Å². The van der Waals surface area contributed by atoms with E-state index in [0.29, 0.717) is 42.5 Å². The lowest BCUT2D eigenvalue weighted by Gasteiger charge is -2.28. The van der Waals surface area contributed by atoms with Gasteiger partial charge in [0, 0.05) is 53.9 Å². The molecule has 1 aromatic heterocycles. The molecular weight excluding hydrogens is 525 g/mol. The molecule has 0 saturated carbocycles. The second-order valence-electron chi connectivity index (χ2n) is 8.24. The summed E-state index contributed by atoms with van der Waals surface area (Å²) in [6.45, 7) is 1.07. The Labute approximate surface area is 216 Å². The van der Waals surface area contributed by atoms with Gasteiger partial charge in [-0.25, -0.2) is 18.8 Å². The van der Waals surface area contributed by atoms with Gasteiger partial charge >= 0.3 is 0 Å². The third kappa shape index (κ3) is 6.46. The molecule has 0 unspecified atom stereocenters. The summed E-state index contributed by atoms with van der Waals surface area (Å²) in [5.74, 6) is -1.35. The molecule has 192 valence electrons. The molecule has 1 aliphatic rings. The zero-order chi connectivity index (χ0) is 26.6. The second kappa shape index (κ2) is 11.0. The number of hydrazone groups is 1. The van der Waals surface area contributed by atoms with Crippen LogP contribution in [0.2, 0.25) is 5.02 Å². The van der Waals surface area contributed by atoms with Crippen LogP contribution in [0.25, 0.3) is 0 Å². The molecule has 1 aliphatic heterocycles. The molecule has 0 aliphatic carbocycles. The summed E-state index contributed by atoms with van der Waals surface area (Å²) >= 11 is 5.81. The molecular formula is C24H21ClFN5O5S. The Morgan fingerprint density at radius 3 is 2.49 bits per heavy atom. The summed E-state index contributed by atoms with van der Waals surface area (Å²) in [5, 5.41) is 16.0. The molecule has 3 aromatic rings. The minimum Gasteiger partial charge on any atom is -0.356 e. The van der Waals surface area contributed by atoms with E-state index in [1.165, 1.54) is 42.5 Å². The fourth-order valence-electron chi connectivity index (χ4n) is 3.82. The van der Waals surface area contributed by atoms with E-state index in [1.54, 1.807) is 12.1 Å². The summed E-state index contributed by atoms with van der Waals surface area (Å²) in [4.78, 5) is 29.2.